The summed E-state index contributed by atoms with van der Waals surface area (Å²) < 4.78 is 15.7. The molecule has 0 aromatic heterocycles. The summed E-state index contributed by atoms with van der Waals surface area (Å²) in [6, 6.07) is -0.0855. The summed E-state index contributed by atoms with van der Waals surface area (Å²) in [5, 5.41) is 5.99. The highest BCUT2D eigenvalue weighted by molar-refractivity contribution is 5.84. The van der Waals surface area contributed by atoms with Crippen molar-refractivity contribution in [1.29, 1.82) is 0 Å². The number of amides is 2. The van der Waals surface area contributed by atoms with Crippen LogP contribution in [0.3, 0.4) is 0 Å². The molecule has 0 aromatic rings. The number of nitrogens with one attached hydrogen (secondary N) is 2. The molecular formula is C24H42N2O6. The maximum absolute atomic E-state index is 12.7. The molecule has 0 spiro atoms. The van der Waals surface area contributed by atoms with Crippen molar-refractivity contribution in [3.63, 3.8) is 0 Å². The van der Waals surface area contributed by atoms with Gasteiger partial charge in [-0.05, 0) is 50.4 Å². The third-order valence-electron chi connectivity index (χ3n) is 5.68. The summed E-state index contributed by atoms with van der Waals surface area (Å²) in [4.78, 5) is 35.9. The molecule has 0 heterocycles. The molecule has 0 radical (unpaired) electrons. The molecule has 0 aliphatic heterocycles. The standard InChI is InChI=1S/C24H42N2O6/c1-8-10-11-32-23(5,6)20(28)25-17-24(7)15-18(14-22(3,4)16-24)26-21(29)31-13-12-30-19(27)9-2/h9,18H,2,8,10-17H2,1,3-7H3,(H,25,28)(H,26,29). The van der Waals surface area contributed by atoms with Crippen LogP contribution in [0.1, 0.15) is 73.6 Å². The molecule has 2 amide bonds. The molecule has 32 heavy (non-hydrogen) atoms. The Morgan fingerprint density at radius 2 is 1.75 bits per heavy atom. The average Bonchev–Trinajstić information content (AvgIpc) is 2.67. The Morgan fingerprint density at radius 1 is 1.09 bits per heavy atom. The van der Waals surface area contributed by atoms with Gasteiger partial charge in [0.2, 0.25) is 0 Å². The van der Waals surface area contributed by atoms with Crippen molar-refractivity contribution in [1.82, 2.24) is 10.6 Å². The van der Waals surface area contributed by atoms with Gasteiger partial charge in [0.05, 0.1) is 0 Å². The van der Waals surface area contributed by atoms with E-state index in [0.29, 0.717) is 19.6 Å². The van der Waals surface area contributed by atoms with E-state index in [1.54, 1.807) is 13.8 Å². The molecule has 1 saturated carbocycles. The lowest BCUT2D eigenvalue weighted by molar-refractivity contribution is -0.143. The second kappa shape index (κ2) is 12.2. The molecule has 1 fully saturated rings. The van der Waals surface area contributed by atoms with Gasteiger partial charge in [-0.3, -0.25) is 4.79 Å². The number of rotatable bonds is 12. The summed E-state index contributed by atoms with van der Waals surface area (Å²) in [5.41, 5.74) is -1.08. The number of hydrogen-bond donors (Lipinski definition) is 2. The van der Waals surface area contributed by atoms with E-state index in [-0.39, 0.29) is 36.0 Å². The molecule has 2 N–H and O–H groups in total. The second-order valence-corrected chi connectivity index (χ2v) is 10.3. The highest BCUT2D eigenvalue weighted by Gasteiger charge is 2.42. The number of ether oxygens (including phenoxy) is 3. The Kier molecular flexibility index (Phi) is 10.7. The molecule has 2 unspecified atom stereocenters. The SMILES string of the molecule is C=CC(=O)OCCOC(=O)NC1CC(C)(C)CC(C)(CNC(=O)C(C)(C)OCCCC)C1. The van der Waals surface area contributed by atoms with Gasteiger partial charge in [0.25, 0.3) is 5.91 Å². The topological polar surface area (TPSA) is 103 Å². The van der Waals surface area contributed by atoms with Crippen molar-refractivity contribution < 1.29 is 28.6 Å². The first kappa shape index (κ1) is 27.9. The number of esters is 1. The zero-order valence-corrected chi connectivity index (χ0v) is 20.7. The van der Waals surface area contributed by atoms with E-state index in [4.69, 9.17) is 14.2 Å². The lowest BCUT2D eigenvalue weighted by Crippen LogP contribution is -2.53. The molecule has 1 aliphatic carbocycles. The number of hydrogen-bond acceptors (Lipinski definition) is 6. The monoisotopic (exact) mass is 454 g/mol. The Labute approximate surface area is 192 Å². The molecule has 8 nitrogen and oxygen atoms in total. The second-order valence-electron chi connectivity index (χ2n) is 10.3. The first-order valence-electron chi connectivity index (χ1n) is 11.5. The summed E-state index contributed by atoms with van der Waals surface area (Å²) in [7, 11) is 0. The van der Waals surface area contributed by atoms with Gasteiger partial charge in [-0.1, -0.05) is 40.7 Å². The number of carbonyl (C=O) groups excluding carboxylic acids is 3. The highest BCUT2D eigenvalue weighted by atomic mass is 16.6. The number of unbranched alkanes of at least 4 members (excludes halogenated alkanes) is 1. The van der Waals surface area contributed by atoms with Crippen molar-refractivity contribution in [3.05, 3.63) is 12.7 Å². The van der Waals surface area contributed by atoms with Crippen LogP contribution in [0.5, 0.6) is 0 Å². The van der Waals surface area contributed by atoms with E-state index >= 15 is 0 Å². The van der Waals surface area contributed by atoms with E-state index in [9.17, 15) is 14.4 Å². The van der Waals surface area contributed by atoms with E-state index in [2.05, 4.69) is 44.9 Å². The summed E-state index contributed by atoms with van der Waals surface area (Å²) in [6.07, 6.45) is 4.89. The van der Waals surface area contributed by atoms with Gasteiger partial charge in [-0.25, -0.2) is 9.59 Å². The molecule has 0 saturated heterocycles. The van der Waals surface area contributed by atoms with Crippen molar-refractivity contribution in [2.75, 3.05) is 26.4 Å². The van der Waals surface area contributed by atoms with Crippen molar-refractivity contribution in [2.24, 2.45) is 10.8 Å². The van der Waals surface area contributed by atoms with Crippen LogP contribution in [0, 0.1) is 10.8 Å². The van der Waals surface area contributed by atoms with Crippen LogP contribution in [0.15, 0.2) is 12.7 Å². The average molecular weight is 455 g/mol. The van der Waals surface area contributed by atoms with Crippen LogP contribution in [0.4, 0.5) is 4.79 Å². The van der Waals surface area contributed by atoms with Crippen molar-refractivity contribution in [3.8, 4) is 0 Å². The lowest BCUT2D eigenvalue weighted by Gasteiger charge is -2.47. The van der Waals surface area contributed by atoms with Gasteiger partial charge in [-0.2, -0.15) is 0 Å². The molecule has 1 aliphatic rings. The molecule has 0 aromatic carbocycles. The van der Waals surface area contributed by atoms with Gasteiger partial charge in [0.15, 0.2) is 0 Å². The maximum atomic E-state index is 12.7. The van der Waals surface area contributed by atoms with Crippen LogP contribution >= 0.6 is 0 Å². The zero-order valence-electron chi connectivity index (χ0n) is 20.7. The Bertz CT molecular complexity index is 661. The minimum absolute atomic E-state index is 0.0116. The molecule has 2 atom stereocenters. The predicted octanol–water partition coefficient (Wildman–Crippen LogP) is 3.74. The zero-order chi connectivity index (χ0) is 24.4. The fraction of sp³-hybridized carbons (Fsp3) is 0.792. The van der Waals surface area contributed by atoms with Crippen LogP contribution in [-0.4, -0.2) is 56.0 Å². The number of carbonyl (C=O) groups is 3. The predicted molar refractivity (Wildman–Crippen MR) is 123 cm³/mol. The molecule has 184 valence electrons. The van der Waals surface area contributed by atoms with E-state index < -0.39 is 17.7 Å². The largest absolute Gasteiger partial charge is 0.459 e. The normalized spacial score (nSPS) is 22.5. The van der Waals surface area contributed by atoms with Crippen molar-refractivity contribution >= 4 is 18.0 Å². The molecule has 0 bridgehead atoms. The van der Waals surface area contributed by atoms with E-state index in [0.717, 1.165) is 31.8 Å². The minimum Gasteiger partial charge on any atom is -0.459 e. The van der Waals surface area contributed by atoms with Gasteiger partial charge < -0.3 is 24.8 Å². The Morgan fingerprint density at radius 3 is 2.38 bits per heavy atom. The van der Waals surface area contributed by atoms with Crippen LogP contribution in [-0.2, 0) is 23.8 Å². The Hall–Kier alpha value is -2.09. The lowest BCUT2D eigenvalue weighted by atomic mass is 9.62. The quantitative estimate of drug-likeness (QED) is 0.265. The highest BCUT2D eigenvalue weighted by Crippen LogP contribution is 2.45. The summed E-state index contributed by atoms with van der Waals surface area (Å²) >= 11 is 0. The van der Waals surface area contributed by atoms with Gasteiger partial charge in [0.1, 0.15) is 18.8 Å². The van der Waals surface area contributed by atoms with Crippen LogP contribution in [0.2, 0.25) is 0 Å². The van der Waals surface area contributed by atoms with Crippen LogP contribution < -0.4 is 10.6 Å². The molecule has 1 rings (SSSR count). The van der Waals surface area contributed by atoms with Gasteiger partial charge >= 0.3 is 12.1 Å². The number of alkyl carbamates (subject to hydrolysis) is 1. The van der Waals surface area contributed by atoms with E-state index in [1.807, 2.05) is 0 Å². The minimum atomic E-state index is -0.883. The molecular weight excluding hydrogens is 412 g/mol. The smallest absolute Gasteiger partial charge is 0.407 e. The van der Waals surface area contributed by atoms with Gasteiger partial charge in [0, 0.05) is 25.3 Å². The maximum Gasteiger partial charge on any atom is 0.407 e. The summed E-state index contributed by atoms with van der Waals surface area (Å²) in [6.45, 7) is 16.4. The van der Waals surface area contributed by atoms with Crippen LogP contribution in [0.25, 0.3) is 0 Å². The van der Waals surface area contributed by atoms with Gasteiger partial charge in [-0.15, -0.1) is 0 Å². The fourth-order valence-electron chi connectivity index (χ4n) is 4.46. The Balaban J connectivity index is 2.59. The van der Waals surface area contributed by atoms with E-state index in [1.165, 1.54) is 0 Å². The van der Waals surface area contributed by atoms with Crippen molar-refractivity contribution in [2.45, 2.75) is 85.3 Å². The first-order chi connectivity index (χ1) is 14.8. The summed E-state index contributed by atoms with van der Waals surface area (Å²) in [5.74, 6) is -0.684. The third kappa shape index (κ3) is 10.0. The molecule has 8 heteroatoms. The fourth-order valence-corrected chi connectivity index (χ4v) is 4.46. The third-order valence-corrected chi connectivity index (χ3v) is 5.68. The first-order valence-corrected chi connectivity index (χ1v) is 11.5.